The summed E-state index contributed by atoms with van der Waals surface area (Å²) < 4.78 is 6.10. The number of nitrogens with zero attached hydrogens (tertiary/aromatic N) is 5. The van der Waals surface area contributed by atoms with Crippen molar-refractivity contribution in [2.75, 3.05) is 6.61 Å². The number of rotatable bonds is 5. The van der Waals surface area contributed by atoms with Crippen LogP contribution in [-0.2, 0) is 11.3 Å². The van der Waals surface area contributed by atoms with Crippen LogP contribution in [0.25, 0.3) is 0 Å². The predicted octanol–water partition coefficient (Wildman–Crippen LogP) is 1.11. The van der Waals surface area contributed by atoms with Crippen LogP contribution in [0.15, 0.2) is 18.2 Å². The van der Waals surface area contributed by atoms with Crippen molar-refractivity contribution in [2.45, 2.75) is 20.4 Å². The lowest BCUT2D eigenvalue weighted by molar-refractivity contribution is -0.385. The maximum atomic E-state index is 11.7. The minimum Gasteiger partial charge on any atom is -0.460 e. The Morgan fingerprint density at radius 2 is 2.24 bits per heavy atom. The number of nitro benzene ring substituents is 1. The first kappa shape index (κ1) is 14.6. The van der Waals surface area contributed by atoms with Gasteiger partial charge in [0.25, 0.3) is 11.5 Å². The summed E-state index contributed by atoms with van der Waals surface area (Å²) in [5.41, 5.74) is 1.17. The summed E-state index contributed by atoms with van der Waals surface area (Å²) >= 11 is 0. The normalized spacial score (nSPS) is 10.4. The summed E-state index contributed by atoms with van der Waals surface area (Å²) in [5.74, 6) is -0.673. The third kappa shape index (κ3) is 3.02. The molecule has 110 valence electrons. The number of carbonyl (C=O) groups is 1. The molecule has 9 nitrogen and oxygen atoms in total. The molecule has 0 saturated heterocycles. The first-order chi connectivity index (χ1) is 10.0. The molecular formula is C12H13N5O4. The van der Waals surface area contributed by atoms with Gasteiger partial charge in [-0.3, -0.25) is 10.1 Å². The summed E-state index contributed by atoms with van der Waals surface area (Å²) in [4.78, 5) is 22.2. The average Bonchev–Trinajstić information content (AvgIpc) is 2.89. The second-order valence-corrected chi connectivity index (χ2v) is 4.20. The summed E-state index contributed by atoms with van der Waals surface area (Å²) in [7, 11) is 0. The van der Waals surface area contributed by atoms with Crippen molar-refractivity contribution in [3.63, 3.8) is 0 Å². The molecule has 2 rings (SSSR count). The molecule has 0 aliphatic heterocycles. The molecule has 0 fully saturated rings. The van der Waals surface area contributed by atoms with E-state index in [4.69, 9.17) is 4.74 Å². The van der Waals surface area contributed by atoms with Crippen molar-refractivity contribution in [2.24, 2.45) is 0 Å². The first-order valence-corrected chi connectivity index (χ1v) is 6.20. The van der Waals surface area contributed by atoms with Gasteiger partial charge in [-0.2, -0.15) is 0 Å². The van der Waals surface area contributed by atoms with E-state index in [2.05, 4.69) is 15.5 Å². The summed E-state index contributed by atoms with van der Waals surface area (Å²) in [6.45, 7) is 3.68. The highest BCUT2D eigenvalue weighted by atomic mass is 16.6. The van der Waals surface area contributed by atoms with E-state index in [0.29, 0.717) is 11.1 Å². The Morgan fingerprint density at radius 3 is 2.90 bits per heavy atom. The van der Waals surface area contributed by atoms with Gasteiger partial charge < -0.3 is 4.74 Å². The average molecular weight is 291 g/mol. The van der Waals surface area contributed by atoms with Crippen molar-refractivity contribution in [1.29, 1.82) is 0 Å². The Kier molecular flexibility index (Phi) is 4.21. The third-order valence-corrected chi connectivity index (χ3v) is 2.92. The zero-order chi connectivity index (χ0) is 15.4. The standard InChI is InChI=1S/C12H13N5O4/c1-3-21-12(18)11-13-14-15-16(11)7-9-5-4-6-10(8(9)2)17(19)20/h4-6H,3,7H2,1-2H3. The Bertz CT molecular complexity index is 682. The number of esters is 1. The Balaban J connectivity index is 2.32. The minimum absolute atomic E-state index is 0.0123. The van der Waals surface area contributed by atoms with E-state index in [1.54, 1.807) is 26.0 Å². The molecule has 0 spiro atoms. The van der Waals surface area contributed by atoms with Gasteiger partial charge in [-0.25, -0.2) is 9.48 Å². The number of nitro groups is 1. The number of hydrogen-bond donors (Lipinski definition) is 0. The van der Waals surface area contributed by atoms with Gasteiger partial charge in [0.05, 0.1) is 18.1 Å². The molecule has 0 bridgehead atoms. The molecule has 1 heterocycles. The Labute approximate surface area is 119 Å². The van der Waals surface area contributed by atoms with E-state index in [0.717, 1.165) is 0 Å². The largest absolute Gasteiger partial charge is 0.460 e. The van der Waals surface area contributed by atoms with Gasteiger partial charge in [0.15, 0.2) is 0 Å². The van der Waals surface area contributed by atoms with E-state index in [1.807, 2.05) is 0 Å². The zero-order valence-electron chi connectivity index (χ0n) is 11.5. The van der Waals surface area contributed by atoms with E-state index in [-0.39, 0.29) is 24.7 Å². The van der Waals surface area contributed by atoms with Crippen molar-refractivity contribution in [3.05, 3.63) is 45.3 Å². The molecule has 0 saturated carbocycles. The van der Waals surface area contributed by atoms with E-state index < -0.39 is 10.9 Å². The molecule has 0 atom stereocenters. The zero-order valence-corrected chi connectivity index (χ0v) is 11.5. The van der Waals surface area contributed by atoms with E-state index >= 15 is 0 Å². The lowest BCUT2D eigenvalue weighted by Gasteiger charge is -2.07. The molecule has 0 unspecified atom stereocenters. The van der Waals surface area contributed by atoms with Crippen LogP contribution in [0.1, 0.15) is 28.7 Å². The van der Waals surface area contributed by atoms with Crippen LogP contribution in [0.4, 0.5) is 5.69 Å². The van der Waals surface area contributed by atoms with Gasteiger partial charge in [0, 0.05) is 11.6 Å². The molecule has 1 aromatic carbocycles. The summed E-state index contributed by atoms with van der Waals surface area (Å²) in [6.07, 6.45) is 0. The van der Waals surface area contributed by atoms with Crippen molar-refractivity contribution in [1.82, 2.24) is 20.2 Å². The first-order valence-electron chi connectivity index (χ1n) is 6.20. The highest BCUT2D eigenvalue weighted by molar-refractivity contribution is 5.85. The molecule has 2 aromatic rings. The quantitative estimate of drug-likeness (QED) is 0.460. The van der Waals surface area contributed by atoms with E-state index in [9.17, 15) is 14.9 Å². The molecular weight excluding hydrogens is 278 g/mol. The van der Waals surface area contributed by atoms with Crippen LogP contribution in [0.5, 0.6) is 0 Å². The number of benzene rings is 1. The number of aromatic nitrogens is 4. The van der Waals surface area contributed by atoms with Crippen LogP contribution in [0.3, 0.4) is 0 Å². The second kappa shape index (κ2) is 6.07. The topological polar surface area (TPSA) is 113 Å². The predicted molar refractivity (Wildman–Crippen MR) is 70.7 cm³/mol. The van der Waals surface area contributed by atoms with Crippen molar-refractivity contribution < 1.29 is 14.5 Å². The van der Waals surface area contributed by atoms with Gasteiger partial charge in [-0.1, -0.05) is 12.1 Å². The molecule has 0 radical (unpaired) electrons. The van der Waals surface area contributed by atoms with Gasteiger partial charge >= 0.3 is 5.97 Å². The molecule has 21 heavy (non-hydrogen) atoms. The van der Waals surface area contributed by atoms with Gasteiger partial charge in [0.2, 0.25) is 0 Å². The fraction of sp³-hybridized carbons (Fsp3) is 0.333. The molecule has 0 aliphatic rings. The van der Waals surface area contributed by atoms with Crippen LogP contribution < -0.4 is 0 Å². The Hall–Kier alpha value is -2.84. The molecule has 9 heteroatoms. The fourth-order valence-electron chi connectivity index (χ4n) is 1.85. The van der Waals surface area contributed by atoms with Gasteiger partial charge in [-0.15, -0.1) is 5.10 Å². The van der Waals surface area contributed by atoms with Crippen molar-refractivity contribution >= 4 is 11.7 Å². The molecule has 0 aliphatic carbocycles. The number of ether oxygens (including phenoxy) is 1. The lowest BCUT2D eigenvalue weighted by atomic mass is 10.1. The molecule has 0 amide bonds. The van der Waals surface area contributed by atoms with Gasteiger partial charge in [-0.05, 0) is 29.8 Å². The maximum Gasteiger partial charge on any atom is 0.378 e. The third-order valence-electron chi connectivity index (χ3n) is 2.92. The molecule has 0 N–H and O–H groups in total. The van der Waals surface area contributed by atoms with Crippen LogP contribution in [0, 0.1) is 17.0 Å². The smallest absolute Gasteiger partial charge is 0.378 e. The maximum absolute atomic E-state index is 11.7. The summed E-state index contributed by atoms with van der Waals surface area (Å²) in [5, 5.41) is 21.7. The van der Waals surface area contributed by atoms with E-state index in [1.165, 1.54) is 10.7 Å². The van der Waals surface area contributed by atoms with Crippen LogP contribution >= 0.6 is 0 Å². The highest BCUT2D eigenvalue weighted by Crippen LogP contribution is 2.21. The lowest BCUT2D eigenvalue weighted by Crippen LogP contribution is -2.15. The van der Waals surface area contributed by atoms with Crippen LogP contribution in [0.2, 0.25) is 0 Å². The minimum atomic E-state index is -0.634. The Morgan fingerprint density at radius 1 is 1.48 bits per heavy atom. The van der Waals surface area contributed by atoms with Crippen molar-refractivity contribution in [3.8, 4) is 0 Å². The second-order valence-electron chi connectivity index (χ2n) is 4.20. The number of hydrogen-bond acceptors (Lipinski definition) is 7. The number of tetrazole rings is 1. The monoisotopic (exact) mass is 291 g/mol. The SMILES string of the molecule is CCOC(=O)c1nnnn1Cc1cccc([N+](=O)[O-])c1C. The highest BCUT2D eigenvalue weighted by Gasteiger charge is 2.19. The number of carbonyl (C=O) groups excluding carboxylic acids is 1. The van der Waals surface area contributed by atoms with Gasteiger partial charge in [0.1, 0.15) is 0 Å². The summed E-state index contributed by atoms with van der Waals surface area (Å²) in [6, 6.07) is 4.72. The fourth-order valence-corrected chi connectivity index (χ4v) is 1.85. The van der Waals surface area contributed by atoms with Crippen LogP contribution in [-0.4, -0.2) is 37.7 Å². The molecule has 1 aromatic heterocycles.